The van der Waals surface area contributed by atoms with E-state index >= 15 is 0 Å². The fourth-order valence-electron chi connectivity index (χ4n) is 2.48. The van der Waals surface area contributed by atoms with Gasteiger partial charge in [-0.25, -0.2) is 4.79 Å². The molecule has 0 fully saturated rings. The second-order valence-corrected chi connectivity index (χ2v) is 6.37. The summed E-state index contributed by atoms with van der Waals surface area (Å²) in [6.07, 6.45) is 0. The summed E-state index contributed by atoms with van der Waals surface area (Å²) in [5.41, 5.74) is 1.54. The number of amides is 1. The lowest BCUT2D eigenvalue weighted by Crippen LogP contribution is -2.13. The zero-order valence-corrected chi connectivity index (χ0v) is 15.1. The Kier molecular flexibility index (Phi) is 5.02. The van der Waals surface area contributed by atoms with Crippen molar-refractivity contribution in [1.82, 2.24) is 0 Å². The van der Waals surface area contributed by atoms with Gasteiger partial charge in [-0.05, 0) is 55.0 Å². The number of anilines is 1. The monoisotopic (exact) mass is 389 g/mol. The molecule has 0 unspecified atom stereocenters. The van der Waals surface area contributed by atoms with Crippen molar-refractivity contribution in [2.45, 2.75) is 6.92 Å². The summed E-state index contributed by atoms with van der Waals surface area (Å²) in [4.78, 5) is 23.6. The Hall–Kier alpha value is -2.76. The molecule has 26 heavy (non-hydrogen) atoms. The number of hydrogen-bond acceptors (Lipinski definition) is 3. The quantitative estimate of drug-likeness (QED) is 0.616. The Labute approximate surface area is 159 Å². The van der Waals surface area contributed by atoms with Gasteiger partial charge in [0.1, 0.15) is 5.76 Å². The van der Waals surface area contributed by atoms with Crippen LogP contribution >= 0.6 is 23.2 Å². The topological polar surface area (TPSA) is 79.5 Å². The summed E-state index contributed by atoms with van der Waals surface area (Å²) in [5.74, 6) is -1.09. The van der Waals surface area contributed by atoms with Gasteiger partial charge in [-0.1, -0.05) is 29.3 Å². The molecule has 5 nitrogen and oxygen atoms in total. The smallest absolute Gasteiger partial charge is 0.336 e. The average Bonchev–Trinajstić information content (AvgIpc) is 3.08. The Morgan fingerprint density at radius 2 is 1.85 bits per heavy atom. The molecule has 0 spiro atoms. The Balaban J connectivity index is 1.87. The molecule has 2 N–H and O–H groups in total. The van der Waals surface area contributed by atoms with Gasteiger partial charge in [0, 0.05) is 16.3 Å². The van der Waals surface area contributed by atoms with Crippen molar-refractivity contribution in [2.75, 3.05) is 5.32 Å². The second-order valence-electron chi connectivity index (χ2n) is 5.53. The van der Waals surface area contributed by atoms with E-state index in [1.54, 1.807) is 43.3 Å². The van der Waals surface area contributed by atoms with Crippen LogP contribution in [0.2, 0.25) is 10.0 Å². The molecule has 1 aromatic heterocycles. The predicted octanol–water partition coefficient (Wildman–Crippen LogP) is 5.51. The molecule has 0 aliphatic heterocycles. The summed E-state index contributed by atoms with van der Waals surface area (Å²) in [7, 11) is 0. The van der Waals surface area contributed by atoms with E-state index in [0.717, 1.165) is 0 Å². The number of carboxylic acids is 1. The number of carbonyl (C=O) groups excluding carboxylic acids is 1. The molecule has 1 amide bonds. The van der Waals surface area contributed by atoms with Gasteiger partial charge in [0.05, 0.1) is 10.6 Å². The number of halogens is 2. The first-order chi connectivity index (χ1) is 12.4. The van der Waals surface area contributed by atoms with E-state index in [2.05, 4.69) is 5.32 Å². The molecule has 7 heteroatoms. The highest BCUT2D eigenvalue weighted by molar-refractivity contribution is 6.35. The number of rotatable bonds is 4. The van der Waals surface area contributed by atoms with Crippen molar-refractivity contribution in [1.29, 1.82) is 0 Å². The van der Waals surface area contributed by atoms with Gasteiger partial charge >= 0.3 is 5.97 Å². The minimum absolute atomic E-state index is 0.0659. The summed E-state index contributed by atoms with van der Waals surface area (Å²) < 4.78 is 5.59. The fourth-order valence-corrected chi connectivity index (χ4v) is 2.86. The van der Waals surface area contributed by atoms with Crippen LogP contribution in [0.4, 0.5) is 5.69 Å². The fraction of sp³-hybridized carbons (Fsp3) is 0.0526. The van der Waals surface area contributed by atoms with Crippen molar-refractivity contribution in [3.8, 4) is 11.3 Å². The van der Waals surface area contributed by atoms with E-state index in [4.69, 9.17) is 32.7 Å². The lowest BCUT2D eigenvalue weighted by atomic mass is 10.1. The van der Waals surface area contributed by atoms with E-state index in [1.165, 1.54) is 12.1 Å². The number of carbonyl (C=O) groups is 2. The van der Waals surface area contributed by atoms with Crippen molar-refractivity contribution < 1.29 is 19.1 Å². The molecule has 2 aromatic carbocycles. The summed E-state index contributed by atoms with van der Waals surface area (Å²) in [6, 6.07) is 12.7. The van der Waals surface area contributed by atoms with Crippen LogP contribution in [-0.2, 0) is 0 Å². The van der Waals surface area contributed by atoms with Gasteiger partial charge in [0.25, 0.3) is 5.91 Å². The molecule has 0 saturated heterocycles. The summed E-state index contributed by atoms with van der Waals surface area (Å²) >= 11 is 12.1. The standard InChI is InChI=1S/C19H13Cl2NO4/c1-10-12(19(24)25)3-2-4-15(10)22-18(23)17-8-7-16(26-17)13-9-11(20)5-6-14(13)21/h2-9H,1H3,(H,22,23)(H,24,25). The Morgan fingerprint density at radius 3 is 2.58 bits per heavy atom. The number of nitrogens with one attached hydrogen (secondary N) is 1. The van der Waals surface area contributed by atoms with Gasteiger partial charge in [0.15, 0.2) is 5.76 Å². The molecule has 0 bridgehead atoms. The van der Waals surface area contributed by atoms with E-state index in [9.17, 15) is 9.59 Å². The molecule has 3 aromatic rings. The van der Waals surface area contributed by atoms with Gasteiger partial charge in [-0.3, -0.25) is 4.79 Å². The van der Waals surface area contributed by atoms with Crippen molar-refractivity contribution in [2.24, 2.45) is 0 Å². The van der Waals surface area contributed by atoms with Crippen molar-refractivity contribution >= 4 is 40.8 Å². The van der Waals surface area contributed by atoms with E-state index in [-0.39, 0.29) is 11.3 Å². The number of aromatic carboxylic acids is 1. The molecule has 0 aliphatic carbocycles. The van der Waals surface area contributed by atoms with E-state index < -0.39 is 11.9 Å². The van der Waals surface area contributed by atoms with Crippen LogP contribution in [0.3, 0.4) is 0 Å². The van der Waals surface area contributed by atoms with Gasteiger partial charge in [-0.2, -0.15) is 0 Å². The molecule has 0 aliphatic rings. The first-order valence-corrected chi connectivity index (χ1v) is 8.32. The van der Waals surface area contributed by atoms with Crippen molar-refractivity contribution in [3.05, 3.63) is 75.5 Å². The van der Waals surface area contributed by atoms with Gasteiger partial charge in [0.2, 0.25) is 0 Å². The number of carboxylic acid groups (broad SMARTS) is 1. The van der Waals surface area contributed by atoms with Gasteiger partial charge < -0.3 is 14.8 Å². The third kappa shape index (κ3) is 3.59. The summed E-state index contributed by atoms with van der Waals surface area (Å²) in [6.45, 7) is 1.62. The lowest BCUT2D eigenvalue weighted by molar-refractivity contribution is 0.0695. The number of hydrogen-bond donors (Lipinski definition) is 2. The minimum atomic E-state index is -1.06. The molecule has 132 valence electrons. The first-order valence-electron chi connectivity index (χ1n) is 7.56. The number of furan rings is 1. The third-order valence-electron chi connectivity index (χ3n) is 3.84. The first kappa shape index (κ1) is 18.0. The third-order valence-corrected chi connectivity index (χ3v) is 4.40. The normalized spacial score (nSPS) is 10.6. The zero-order chi connectivity index (χ0) is 18.8. The average molecular weight is 390 g/mol. The minimum Gasteiger partial charge on any atom is -0.478 e. The Bertz CT molecular complexity index is 1010. The SMILES string of the molecule is Cc1c(NC(=O)c2ccc(-c3cc(Cl)ccc3Cl)o2)cccc1C(=O)O. The molecular weight excluding hydrogens is 377 g/mol. The van der Waals surface area contributed by atoms with Crippen LogP contribution in [0.25, 0.3) is 11.3 Å². The maximum absolute atomic E-state index is 12.4. The van der Waals surface area contributed by atoms with Crippen LogP contribution in [0.1, 0.15) is 26.5 Å². The molecule has 0 saturated carbocycles. The number of benzene rings is 2. The second kappa shape index (κ2) is 7.23. The van der Waals surface area contributed by atoms with Crippen LogP contribution in [-0.4, -0.2) is 17.0 Å². The van der Waals surface area contributed by atoms with Gasteiger partial charge in [-0.15, -0.1) is 0 Å². The Morgan fingerprint density at radius 1 is 1.08 bits per heavy atom. The molecule has 0 atom stereocenters. The summed E-state index contributed by atoms with van der Waals surface area (Å²) in [5, 5.41) is 12.8. The molecular formula is C19H13Cl2NO4. The maximum Gasteiger partial charge on any atom is 0.336 e. The predicted molar refractivity (Wildman–Crippen MR) is 100 cm³/mol. The van der Waals surface area contributed by atoms with Crippen LogP contribution < -0.4 is 5.32 Å². The molecule has 3 rings (SSSR count). The highest BCUT2D eigenvalue weighted by atomic mass is 35.5. The van der Waals surface area contributed by atoms with E-state index in [1.807, 2.05) is 0 Å². The largest absolute Gasteiger partial charge is 0.478 e. The molecule has 1 heterocycles. The lowest BCUT2D eigenvalue weighted by Gasteiger charge is -2.09. The van der Waals surface area contributed by atoms with E-state index in [0.29, 0.717) is 32.6 Å². The highest BCUT2D eigenvalue weighted by Crippen LogP contribution is 2.32. The van der Waals surface area contributed by atoms with Crippen molar-refractivity contribution in [3.63, 3.8) is 0 Å². The zero-order valence-electron chi connectivity index (χ0n) is 13.5. The highest BCUT2D eigenvalue weighted by Gasteiger charge is 2.17. The molecule has 0 radical (unpaired) electrons. The van der Waals surface area contributed by atoms with Crippen LogP contribution in [0.5, 0.6) is 0 Å². The maximum atomic E-state index is 12.4. The van der Waals surface area contributed by atoms with Crippen LogP contribution in [0, 0.1) is 6.92 Å². The van der Waals surface area contributed by atoms with Crippen LogP contribution in [0.15, 0.2) is 52.9 Å².